The van der Waals surface area contributed by atoms with E-state index in [9.17, 15) is 9.59 Å². The van der Waals surface area contributed by atoms with E-state index in [1.54, 1.807) is 5.06 Å². The molecule has 0 aromatic rings. The van der Waals surface area contributed by atoms with E-state index in [0.29, 0.717) is 0 Å². The molecule has 0 amide bonds. The summed E-state index contributed by atoms with van der Waals surface area (Å²) in [6.07, 6.45) is 4.99. The van der Waals surface area contributed by atoms with Gasteiger partial charge in [-0.05, 0) is 34.1 Å². The van der Waals surface area contributed by atoms with Crippen molar-refractivity contribution in [2.75, 3.05) is 7.11 Å². The molecule has 108 valence electrons. The highest BCUT2D eigenvalue weighted by molar-refractivity contribution is 5.77. The van der Waals surface area contributed by atoms with Gasteiger partial charge in [0.25, 0.3) is 0 Å². The molecule has 0 unspecified atom stereocenters. The highest BCUT2D eigenvalue weighted by Crippen LogP contribution is 2.34. The Balaban J connectivity index is 2.65. The van der Waals surface area contributed by atoms with E-state index >= 15 is 0 Å². The first-order valence-electron chi connectivity index (χ1n) is 6.45. The number of hydrogen-bond acceptors (Lipinski definition) is 5. The molecule has 1 aliphatic heterocycles. The third-order valence-corrected chi connectivity index (χ3v) is 3.17. The normalized spacial score (nSPS) is 20.9. The summed E-state index contributed by atoms with van der Waals surface area (Å²) in [4.78, 5) is 28.3. The lowest BCUT2D eigenvalue weighted by atomic mass is 9.88. The van der Waals surface area contributed by atoms with Gasteiger partial charge in [0.1, 0.15) is 0 Å². The van der Waals surface area contributed by atoms with Crippen LogP contribution in [0.4, 0.5) is 0 Å². The maximum Gasteiger partial charge on any atom is 0.325 e. The number of carbonyl (C=O) groups is 2. The SMILES string of the molecule is COC(=O)CCC(=O)ON1C(C)(C)C=CCC1(C)C. The molecule has 1 heterocycles. The molecule has 0 aromatic heterocycles. The third kappa shape index (κ3) is 4.06. The van der Waals surface area contributed by atoms with E-state index in [0.717, 1.165) is 6.42 Å². The molecule has 0 spiro atoms. The summed E-state index contributed by atoms with van der Waals surface area (Å²) in [6.45, 7) is 8.01. The largest absolute Gasteiger partial charge is 0.469 e. The van der Waals surface area contributed by atoms with E-state index in [1.165, 1.54) is 7.11 Å². The van der Waals surface area contributed by atoms with E-state index in [-0.39, 0.29) is 23.9 Å². The van der Waals surface area contributed by atoms with E-state index < -0.39 is 11.9 Å². The fourth-order valence-electron chi connectivity index (χ4n) is 2.26. The van der Waals surface area contributed by atoms with Gasteiger partial charge in [0.15, 0.2) is 0 Å². The van der Waals surface area contributed by atoms with E-state index in [1.807, 2.05) is 33.8 Å². The minimum atomic E-state index is -0.415. The molecule has 5 heteroatoms. The monoisotopic (exact) mass is 269 g/mol. The molecule has 0 radical (unpaired) electrons. The molecule has 19 heavy (non-hydrogen) atoms. The van der Waals surface area contributed by atoms with Gasteiger partial charge >= 0.3 is 11.9 Å². The summed E-state index contributed by atoms with van der Waals surface area (Å²) in [6, 6.07) is 0. The second kappa shape index (κ2) is 5.74. The Morgan fingerprint density at radius 2 is 1.74 bits per heavy atom. The van der Waals surface area contributed by atoms with Gasteiger partial charge in [0.2, 0.25) is 0 Å². The Bertz CT molecular complexity index is 385. The predicted molar refractivity (Wildman–Crippen MR) is 71.1 cm³/mol. The molecule has 0 saturated heterocycles. The Kier molecular flexibility index (Phi) is 4.74. The van der Waals surface area contributed by atoms with Crippen molar-refractivity contribution in [3.8, 4) is 0 Å². The minimum Gasteiger partial charge on any atom is -0.469 e. The fourth-order valence-corrected chi connectivity index (χ4v) is 2.26. The lowest BCUT2D eigenvalue weighted by Crippen LogP contribution is -2.57. The van der Waals surface area contributed by atoms with Crippen LogP contribution < -0.4 is 0 Å². The van der Waals surface area contributed by atoms with Crippen LogP contribution >= 0.6 is 0 Å². The molecule has 0 aromatic carbocycles. The molecule has 1 aliphatic rings. The number of methoxy groups -OCH3 is 1. The zero-order valence-electron chi connectivity index (χ0n) is 12.4. The molecule has 0 fully saturated rings. The van der Waals surface area contributed by atoms with Gasteiger partial charge in [-0.25, -0.2) is 0 Å². The lowest BCUT2D eigenvalue weighted by molar-refractivity contribution is -0.246. The molecule has 0 saturated carbocycles. The van der Waals surface area contributed by atoms with Crippen LogP contribution in [0.15, 0.2) is 12.2 Å². The van der Waals surface area contributed by atoms with Gasteiger partial charge in [0.05, 0.1) is 31.0 Å². The van der Waals surface area contributed by atoms with Crippen LogP contribution in [-0.4, -0.2) is 35.2 Å². The van der Waals surface area contributed by atoms with Crippen molar-refractivity contribution < 1.29 is 19.2 Å². The summed E-state index contributed by atoms with van der Waals surface area (Å²) in [7, 11) is 1.30. The zero-order chi connectivity index (χ0) is 14.7. The summed E-state index contributed by atoms with van der Waals surface area (Å²) in [5.74, 6) is -0.823. The van der Waals surface area contributed by atoms with Gasteiger partial charge in [-0.1, -0.05) is 12.2 Å². The Morgan fingerprint density at radius 3 is 2.26 bits per heavy atom. The van der Waals surface area contributed by atoms with Crippen molar-refractivity contribution in [1.82, 2.24) is 5.06 Å². The third-order valence-electron chi connectivity index (χ3n) is 3.17. The summed E-state index contributed by atoms with van der Waals surface area (Å²) >= 11 is 0. The Hall–Kier alpha value is -1.36. The van der Waals surface area contributed by atoms with Gasteiger partial charge in [-0.3, -0.25) is 9.59 Å². The molecule has 1 rings (SSSR count). The number of rotatable bonds is 4. The minimum absolute atomic E-state index is 0.0268. The Morgan fingerprint density at radius 1 is 1.16 bits per heavy atom. The summed E-state index contributed by atoms with van der Waals surface area (Å²) in [5.41, 5.74) is -0.623. The van der Waals surface area contributed by atoms with E-state index in [4.69, 9.17) is 4.84 Å². The number of hydrogen-bond donors (Lipinski definition) is 0. The first kappa shape index (κ1) is 15.7. The lowest BCUT2D eigenvalue weighted by Gasteiger charge is -2.47. The smallest absolute Gasteiger partial charge is 0.325 e. The molecular weight excluding hydrogens is 246 g/mol. The van der Waals surface area contributed by atoms with Crippen LogP contribution in [0.25, 0.3) is 0 Å². The predicted octanol–water partition coefficient (Wildman–Crippen LogP) is 2.22. The van der Waals surface area contributed by atoms with Crippen molar-refractivity contribution in [2.45, 2.75) is 58.0 Å². The van der Waals surface area contributed by atoms with Crippen LogP contribution in [0, 0.1) is 0 Å². The first-order valence-corrected chi connectivity index (χ1v) is 6.45. The van der Waals surface area contributed by atoms with Gasteiger partial charge in [-0.15, -0.1) is 5.06 Å². The molecule has 0 aliphatic carbocycles. The van der Waals surface area contributed by atoms with E-state index in [2.05, 4.69) is 10.8 Å². The molecule has 0 N–H and O–H groups in total. The number of esters is 1. The maximum absolute atomic E-state index is 11.8. The van der Waals surface area contributed by atoms with Crippen LogP contribution in [0.3, 0.4) is 0 Å². The van der Waals surface area contributed by atoms with Crippen LogP contribution in [0.2, 0.25) is 0 Å². The highest BCUT2D eigenvalue weighted by atomic mass is 16.7. The number of ether oxygens (including phenoxy) is 1. The first-order chi connectivity index (χ1) is 8.69. The van der Waals surface area contributed by atoms with Crippen molar-refractivity contribution >= 4 is 11.9 Å². The molecular formula is C14H23NO4. The number of hydroxylamine groups is 2. The molecule has 5 nitrogen and oxygen atoms in total. The summed E-state index contributed by atoms with van der Waals surface area (Å²) < 4.78 is 4.50. The van der Waals surface area contributed by atoms with Crippen molar-refractivity contribution in [1.29, 1.82) is 0 Å². The standard InChI is InChI=1S/C14H23NO4/c1-13(2)9-6-10-14(3,4)15(13)19-12(17)8-7-11(16)18-5/h6,9H,7-8,10H2,1-5H3. The quantitative estimate of drug-likeness (QED) is 0.578. The highest BCUT2D eigenvalue weighted by Gasteiger charge is 2.41. The number of nitrogens with zero attached hydrogens (tertiary/aromatic N) is 1. The molecule has 0 bridgehead atoms. The second-order valence-electron chi connectivity index (χ2n) is 5.91. The fraction of sp³-hybridized carbons (Fsp3) is 0.714. The second-order valence-corrected chi connectivity index (χ2v) is 5.91. The summed E-state index contributed by atoms with van der Waals surface area (Å²) in [5, 5.41) is 1.71. The van der Waals surface area contributed by atoms with Gasteiger partial charge in [-0.2, -0.15) is 0 Å². The van der Waals surface area contributed by atoms with Gasteiger partial charge in [0, 0.05) is 0 Å². The van der Waals surface area contributed by atoms with Crippen molar-refractivity contribution in [2.24, 2.45) is 0 Å². The molecule has 0 atom stereocenters. The van der Waals surface area contributed by atoms with Crippen molar-refractivity contribution in [3.63, 3.8) is 0 Å². The van der Waals surface area contributed by atoms with Crippen molar-refractivity contribution in [3.05, 3.63) is 12.2 Å². The number of carbonyl (C=O) groups excluding carboxylic acids is 2. The Labute approximate surface area is 114 Å². The van der Waals surface area contributed by atoms with Crippen LogP contribution in [-0.2, 0) is 19.2 Å². The van der Waals surface area contributed by atoms with Crippen LogP contribution in [0.1, 0.15) is 47.0 Å². The average Bonchev–Trinajstić information content (AvgIpc) is 2.30. The zero-order valence-corrected chi connectivity index (χ0v) is 12.4. The van der Waals surface area contributed by atoms with Crippen LogP contribution in [0.5, 0.6) is 0 Å². The topological polar surface area (TPSA) is 55.8 Å². The average molecular weight is 269 g/mol. The maximum atomic E-state index is 11.8. The van der Waals surface area contributed by atoms with Gasteiger partial charge < -0.3 is 9.57 Å².